The summed E-state index contributed by atoms with van der Waals surface area (Å²) in [6.45, 7) is 4.76. The molecule has 2 aromatic carbocycles. The van der Waals surface area contributed by atoms with Gasteiger partial charge in [0, 0.05) is 42.0 Å². The van der Waals surface area contributed by atoms with Crippen molar-refractivity contribution in [1.82, 2.24) is 25.0 Å². The third-order valence-corrected chi connectivity index (χ3v) is 6.26. The number of hydrogen-bond donors (Lipinski definition) is 2. The lowest BCUT2D eigenvalue weighted by atomic mass is 10.0. The zero-order chi connectivity index (χ0) is 22.1. The number of aromatic nitrogens is 3. The second-order valence-electron chi connectivity index (χ2n) is 8.67. The summed E-state index contributed by atoms with van der Waals surface area (Å²) in [4.78, 5) is 31.1. The van der Waals surface area contributed by atoms with Crippen molar-refractivity contribution in [2.75, 3.05) is 13.1 Å². The maximum absolute atomic E-state index is 12.9. The predicted molar refractivity (Wildman–Crippen MR) is 125 cm³/mol. The van der Waals surface area contributed by atoms with E-state index in [0.717, 1.165) is 54.3 Å². The molecular formula is C25H27N5O2. The van der Waals surface area contributed by atoms with Crippen LogP contribution in [0.25, 0.3) is 21.8 Å². The quantitative estimate of drug-likeness (QED) is 0.511. The Morgan fingerprint density at radius 1 is 1.12 bits per heavy atom. The van der Waals surface area contributed by atoms with Gasteiger partial charge in [0.1, 0.15) is 12.1 Å². The lowest BCUT2D eigenvalue weighted by Gasteiger charge is -2.32. The Labute approximate surface area is 186 Å². The highest BCUT2D eigenvalue weighted by Crippen LogP contribution is 2.23. The van der Waals surface area contributed by atoms with Crippen molar-refractivity contribution >= 4 is 27.7 Å². The molecule has 7 heteroatoms. The minimum absolute atomic E-state index is 0.0760. The number of hydrogen-bond acceptors (Lipinski definition) is 4. The molecule has 1 aliphatic heterocycles. The molecule has 7 nitrogen and oxygen atoms in total. The number of aromatic amines is 1. The first kappa shape index (κ1) is 20.5. The van der Waals surface area contributed by atoms with E-state index in [1.165, 1.54) is 10.2 Å². The van der Waals surface area contributed by atoms with Gasteiger partial charge in [-0.1, -0.05) is 42.0 Å². The molecule has 0 saturated carbocycles. The van der Waals surface area contributed by atoms with E-state index in [-0.39, 0.29) is 24.1 Å². The summed E-state index contributed by atoms with van der Waals surface area (Å²) in [6, 6.07) is 16.6. The molecule has 2 N–H and O–H groups in total. The predicted octanol–water partition coefficient (Wildman–Crippen LogP) is 2.97. The molecule has 0 spiro atoms. The highest BCUT2D eigenvalue weighted by atomic mass is 16.2. The third-order valence-electron chi connectivity index (χ3n) is 6.26. The number of rotatable bonds is 5. The van der Waals surface area contributed by atoms with Crippen LogP contribution in [0.5, 0.6) is 0 Å². The number of nitrogens with zero attached hydrogens (tertiary/aromatic N) is 3. The van der Waals surface area contributed by atoms with Gasteiger partial charge in [0.25, 0.3) is 5.56 Å². The number of H-pyrrole nitrogens is 1. The Bertz CT molecular complexity index is 1320. The van der Waals surface area contributed by atoms with Gasteiger partial charge in [-0.05, 0) is 37.5 Å². The van der Waals surface area contributed by atoms with E-state index in [1.54, 1.807) is 6.20 Å². The van der Waals surface area contributed by atoms with Crippen molar-refractivity contribution < 1.29 is 4.79 Å². The standard InChI is InChI=1S/C25H27N5O2/c1-17-7-8-22-20(13-17)21-14-26-30(25(32)24(21)28-22)16-23(31)27-19-9-11-29(12-10-19)15-18-5-3-2-4-6-18/h2-8,13-14,19,28H,9-12,15-16H2,1H3,(H,27,31). The van der Waals surface area contributed by atoms with E-state index < -0.39 is 0 Å². The number of amides is 1. The first-order valence-electron chi connectivity index (χ1n) is 11.1. The number of benzene rings is 2. The largest absolute Gasteiger partial charge is 0.352 e. The average molecular weight is 430 g/mol. The van der Waals surface area contributed by atoms with E-state index in [1.807, 2.05) is 31.2 Å². The zero-order valence-electron chi connectivity index (χ0n) is 18.2. The van der Waals surface area contributed by atoms with Gasteiger partial charge >= 0.3 is 0 Å². The SMILES string of the molecule is Cc1ccc2[nH]c3c(=O)n(CC(=O)NC4CCN(Cc5ccccc5)CC4)ncc3c2c1. The second-order valence-corrected chi connectivity index (χ2v) is 8.67. The van der Waals surface area contributed by atoms with Crippen molar-refractivity contribution in [3.8, 4) is 0 Å². The molecule has 1 amide bonds. The van der Waals surface area contributed by atoms with Crippen molar-refractivity contribution in [2.45, 2.75) is 38.9 Å². The summed E-state index contributed by atoms with van der Waals surface area (Å²) in [6.07, 6.45) is 3.48. The Hall–Kier alpha value is -3.45. The van der Waals surface area contributed by atoms with Crippen LogP contribution in [0.4, 0.5) is 0 Å². The Kier molecular flexibility index (Phi) is 5.49. The fraction of sp³-hybridized carbons (Fsp3) is 0.320. The van der Waals surface area contributed by atoms with Crippen LogP contribution in [0.15, 0.2) is 59.5 Å². The molecule has 0 atom stereocenters. The van der Waals surface area contributed by atoms with E-state index in [9.17, 15) is 9.59 Å². The zero-order valence-corrected chi connectivity index (χ0v) is 18.2. The molecule has 164 valence electrons. The van der Waals surface area contributed by atoms with E-state index in [2.05, 4.69) is 44.6 Å². The Morgan fingerprint density at radius 2 is 1.91 bits per heavy atom. The second kappa shape index (κ2) is 8.59. The van der Waals surface area contributed by atoms with Gasteiger partial charge in [-0.3, -0.25) is 14.5 Å². The monoisotopic (exact) mass is 429 g/mol. The lowest BCUT2D eigenvalue weighted by Crippen LogP contribution is -2.46. The van der Waals surface area contributed by atoms with Gasteiger partial charge in [0.05, 0.1) is 6.20 Å². The Morgan fingerprint density at radius 3 is 2.69 bits per heavy atom. The fourth-order valence-corrected chi connectivity index (χ4v) is 4.54. The topological polar surface area (TPSA) is 83.0 Å². The van der Waals surface area contributed by atoms with Crippen molar-refractivity contribution in [2.24, 2.45) is 0 Å². The number of likely N-dealkylation sites (tertiary alicyclic amines) is 1. The van der Waals surface area contributed by atoms with E-state index in [0.29, 0.717) is 5.52 Å². The minimum atomic E-state index is -0.274. The summed E-state index contributed by atoms with van der Waals surface area (Å²) in [5.41, 5.74) is 3.54. The van der Waals surface area contributed by atoms with Crippen LogP contribution in [0.3, 0.4) is 0 Å². The molecule has 1 saturated heterocycles. The smallest absolute Gasteiger partial charge is 0.291 e. The molecular weight excluding hydrogens is 402 g/mol. The molecule has 32 heavy (non-hydrogen) atoms. The maximum atomic E-state index is 12.9. The maximum Gasteiger partial charge on any atom is 0.291 e. The molecule has 0 radical (unpaired) electrons. The minimum Gasteiger partial charge on any atom is -0.352 e. The van der Waals surface area contributed by atoms with Crippen LogP contribution in [0.1, 0.15) is 24.0 Å². The highest BCUT2D eigenvalue weighted by Gasteiger charge is 2.21. The number of carbonyl (C=O) groups is 1. The lowest BCUT2D eigenvalue weighted by molar-refractivity contribution is -0.122. The number of nitrogens with one attached hydrogen (secondary N) is 2. The van der Waals surface area contributed by atoms with Crippen molar-refractivity contribution in [1.29, 1.82) is 0 Å². The normalized spacial score (nSPS) is 15.4. The van der Waals surface area contributed by atoms with Crippen LogP contribution in [-0.2, 0) is 17.9 Å². The molecule has 0 bridgehead atoms. The van der Waals surface area contributed by atoms with Gasteiger partial charge in [-0.15, -0.1) is 0 Å². The van der Waals surface area contributed by atoms with Crippen LogP contribution in [0.2, 0.25) is 0 Å². The van der Waals surface area contributed by atoms with Gasteiger partial charge < -0.3 is 10.3 Å². The number of aryl methyl sites for hydroxylation is 1. The fourth-order valence-electron chi connectivity index (χ4n) is 4.54. The first-order valence-corrected chi connectivity index (χ1v) is 11.1. The molecule has 3 heterocycles. The molecule has 0 aliphatic carbocycles. The molecule has 4 aromatic rings. The summed E-state index contributed by atoms with van der Waals surface area (Å²) < 4.78 is 1.24. The summed E-state index contributed by atoms with van der Waals surface area (Å²) in [5.74, 6) is -0.174. The van der Waals surface area contributed by atoms with E-state index in [4.69, 9.17) is 0 Å². The summed E-state index contributed by atoms with van der Waals surface area (Å²) in [7, 11) is 0. The third kappa shape index (κ3) is 4.16. The van der Waals surface area contributed by atoms with Crippen molar-refractivity contribution in [3.05, 3.63) is 76.2 Å². The summed E-state index contributed by atoms with van der Waals surface area (Å²) >= 11 is 0. The van der Waals surface area contributed by atoms with E-state index >= 15 is 0 Å². The number of carbonyl (C=O) groups excluding carboxylic acids is 1. The molecule has 5 rings (SSSR count). The van der Waals surface area contributed by atoms with Crippen LogP contribution < -0.4 is 10.9 Å². The van der Waals surface area contributed by atoms with Crippen molar-refractivity contribution in [3.63, 3.8) is 0 Å². The number of piperidine rings is 1. The van der Waals surface area contributed by atoms with Gasteiger partial charge in [0.15, 0.2) is 0 Å². The molecule has 1 fully saturated rings. The highest BCUT2D eigenvalue weighted by molar-refractivity contribution is 6.06. The van der Waals surface area contributed by atoms with Crippen LogP contribution >= 0.6 is 0 Å². The van der Waals surface area contributed by atoms with Gasteiger partial charge in [-0.25, -0.2) is 4.68 Å². The molecule has 1 aliphatic rings. The Balaban J connectivity index is 1.21. The molecule has 0 unspecified atom stereocenters. The molecule has 2 aromatic heterocycles. The summed E-state index contributed by atoms with van der Waals surface area (Å²) in [5, 5.41) is 9.11. The van der Waals surface area contributed by atoms with Crippen LogP contribution in [0, 0.1) is 6.92 Å². The first-order chi connectivity index (χ1) is 15.6. The van der Waals surface area contributed by atoms with Gasteiger partial charge in [0.2, 0.25) is 5.91 Å². The number of fused-ring (bicyclic) bond motifs is 3. The average Bonchev–Trinajstić information content (AvgIpc) is 3.16. The van der Waals surface area contributed by atoms with Gasteiger partial charge in [-0.2, -0.15) is 5.10 Å². The van der Waals surface area contributed by atoms with Crippen LogP contribution in [-0.4, -0.2) is 44.7 Å².